The van der Waals surface area contributed by atoms with Crippen LogP contribution in [0.2, 0.25) is 0 Å². The predicted molar refractivity (Wildman–Crippen MR) is 85.3 cm³/mol. The summed E-state index contributed by atoms with van der Waals surface area (Å²) in [7, 11) is 0. The van der Waals surface area contributed by atoms with Crippen molar-refractivity contribution in [2.75, 3.05) is 0 Å². The second kappa shape index (κ2) is 8.25. The first kappa shape index (κ1) is 15.3. The van der Waals surface area contributed by atoms with Gasteiger partial charge >= 0.3 is 5.97 Å². The molecule has 0 N–H and O–H groups in total. The lowest BCUT2D eigenvalue weighted by Gasteiger charge is -2.13. The molecule has 2 heteroatoms. The molecule has 0 radical (unpaired) electrons. The van der Waals surface area contributed by atoms with Crippen molar-refractivity contribution in [1.29, 1.82) is 0 Å². The maximum Gasteiger partial charge on any atom is 0.338 e. The first-order chi connectivity index (χ1) is 10.3. The van der Waals surface area contributed by atoms with Crippen LogP contribution in [-0.4, -0.2) is 12.1 Å². The number of rotatable bonds is 7. The van der Waals surface area contributed by atoms with Crippen LogP contribution in [0.5, 0.6) is 0 Å². The van der Waals surface area contributed by atoms with Crippen LogP contribution in [-0.2, 0) is 11.2 Å². The number of hydrogen-bond donors (Lipinski definition) is 0. The summed E-state index contributed by atoms with van der Waals surface area (Å²) in [4.78, 5) is 11.9. The third-order valence-corrected chi connectivity index (χ3v) is 3.49. The average molecular weight is 282 g/mol. The molecule has 21 heavy (non-hydrogen) atoms. The van der Waals surface area contributed by atoms with Gasteiger partial charge in [-0.2, -0.15) is 0 Å². The van der Waals surface area contributed by atoms with Crippen LogP contribution in [0.15, 0.2) is 60.7 Å². The molecular formula is C19H22O2. The predicted octanol–water partition coefficient (Wildman–Crippen LogP) is 4.64. The van der Waals surface area contributed by atoms with Gasteiger partial charge in [-0.1, -0.05) is 48.5 Å². The molecule has 1 unspecified atom stereocenters. The molecule has 1 atom stereocenters. The summed E-state index contributed by atoms with van der Waals surface area (Å²) in [6, 6.07) is 19.6. The van der Waals surface area contributed by atoms with Gasteiger partial charge in [0.1, 0.15) is 0 Å². The smallest absolute Gasteiger partial charge is 0.338 e. The van der Waals surface area contributed by atoms with Gasteiger partial charge in [0.15, 0.2) is 0 Å². The zero-order chi connectivity index (χ0) is 14.9. The minimum atomic E-state index is -0.230. The Hall–Kier alpha value is -2.09. The minimum Gasteiger partial charge on any atom is -0.459 e. The molecule has 0 saturated carbocycles. The summed E-state index contributed by atoms with van der Waals surface area (Å²) in [5, 5.41) is 0. The molecule has 0 fully saturated rings. The number of aryl methyl sites for hydroxylation is 1. The Labute approximate surface area is 126 Å². The van der Waals surface area contributed by atoms with E-state index >= 15 is 0 Å². The molecule has 0 aromatic heterocycles. The maximum atomic E-state index is 11.9. The topological polar surface area (TPSA) is 26.3 Å². The van der Waals surface area contributed by atoms with Gasteiger partial charge in [-0.05, 0) is 50.3 Å². The van der Waals surface area contributed by atoms with E-state index in [0.717, 1.165) is 25.7 Å². The van der Waals surface area contributed by atoms with E-state index in [-0.39, 0.29) is 12.1 Å². The summed E-state index contributed by atoms with van der Waals surface area (Å²) in [5.74, 6) is -0.230. The second-order valence-corrected chi connectivity index (χ2v) is 5.31. The van der Waals surface area contributed by atoms with Crippen molar-refractivity contribution in [3.05, 3.63) is 71.8 Å². The highest BCUT2D eigenvalue weighted by atomic mass is 16.5. The summed E-state index contributed by atoms with van der Waals surface area (Å²) in [5.41, 5.74) is 1.99. The number of unbranched alkanes of at least 4 members (excludes halogenated alkanes) is 1. The van der Waals surface area contributed by atoms with Gasteiger partial charge in [-0.25, -0.2) is 4.79 Å². The average Bonchev–Trinajstić information content (AvgIpc) is 2.53. The van der Waals surface area contributed by atoms with Crippen molar-refractivity contribution in [2.24, 2.45) is 0 Å². The number of carbonyl (C=O) groups is 1. The van der Waals surface area contributed by atoms with Crippen molar-refractivity contribution in [2.45, 2.75) is 38.7 Å². The van der Waals surface area contributed by atoms with E-state index in [1.54, 1.807) is 12.1 Å². The van der Waals surface area contributed by atoms with Crippen LogP contribution >= 0.6 is 0 Å². The first-order valence-corrected chi connectivity index (χ1v) is 7.55. The third-order valence-electron chi connectivity index (χ3n) is 3.49. The standard InChI is InChI=1S/C19H22O2/c1-16(21-19(20)18-14-6-3-7-15-18)10-8-9-13-17-11-4-2-5-12-17/h2-7,11-12,14-16H,8-10,13H2,1H3. The van der Waals surface area contributed by atoms with Crippen LogP contribution in [0.4, 0.5) is 0 Å². The molecule has 0 heterocycles. The fraction of sp³-hybridized carbons (Fsp3) is 0.316. The lowest BCUT2D eigenvalue weighted by molar-refractivity contribution is 0.0320. The number of ether oxygens (including phenoxy) is 1. The highest BCUT2D eigenvalue weighted by molar-refractivity contribution is 5.89. The van der Waals surface area contributed by atoms with E-state index in [0.29, 0.717) is 5.56 Å². The normalized spacial score (nSPS) is 11.9. The number of benzene rings is 2. The Morgan fingerprint density at radius 3 is 2.24 bits per heavy atom. The fourth-order valence-corrected chi connectivity index (χ4v) is 2.29. The molecule has 0 aliphatic heterocycles. The third kappa shape index (κ3) is 5.42. The van der Waals surface area contributed by atoms with Gasteiger partial charge in [0.2, 0.25) is 0 Å². The van der Waals surface area contributed by atoms with Crippen molar-refractivity contribution in [3.8, 4) is 0 Å². The molecular weight excluding hydrogens is 260 g/mol. The van der Waals surface area contributed by atoms with E-state index in [1.807, 2.05) is 31.2 Å². The van der Waals surface area contributed by atoms with Crippen LogP contribution in [0.1, 0.15) is 42.1 Å². The molecule has 110 valence electrons. The summed E-state index contributed by atoms with van der Waals surface area (Å²) < 4.78 is 5.45. The molecule has 0 aliphatic rings. The maximum absolute atomic E-state index is 11.9. The molecule has 0 spiro atoms. The van der Waals surface area contributed by atoms with E-state index in [4.69, 9.17) is 4.74 Å². The molecule has 0 amide bonds. The quantitative estimate of drug-likeness (QED) is 0.546. The molecule has 0 saturated heterocycles. The number of carbonyl (C=O) groups excluding carboxylic acids is 1. The Morgan fingerprint density at radius 1 is 0.952 bits per heavy atom. The Kier molecular flexibility index (Phi) is 6.01. The lowest BCUT2D eigenvalue weighted by atomic mass is 10.1. The second-order valence-electron chi connectivity index (χ2n) is 5.31. The van der Waals surface area contributed by atoms with Crippen molar-refractivity contribution in [3.63, 3.8) is 0 Å². The van der Waals surface area contributed by atoms with Gasteiger partial charge in [0.05, 0.1) is 11.7 Å². The van der Waals surface area contributed by atoms with Gasteiger partial charge < -0.3 is 4.74 Å². The Balaban J connectivity index is 1.66. The fourth-order valence-electron chi connectivity index (χ4n) is 2.29. The van der Waals surface area contributed by atoms with Crippen LogP contribution in [0, 0.1) is 0 Å². The van der Waals surface area contributed by atoms with Crippen molar-refractivity contribution < 1.29 is 9.53 Å². The Bertz CT molecular complexity index is 534. The summed E-state index contributed by atoms with van der Waals surface area (Å²) in [6.07, 6.45) is 4.15. The molecule has 2 aromatic carbocycles. The number of esters is 1. The van der Waals surface area contributed by atoms with Crippen LogP contribution in [0.25, 0.3) is 0 Å². The van der Waals surface area contributed by atoms with Gasteiger partial charge in [-0.15, -0.1) is 0 Å². The largest absolute Gasteiger partial charge is 0.459 e. The summed E-state index contributed by atoms with van der Waals surface area (Å²) >= 11 is 0. The Morgan fingerprint density at radius 2 is 1.57 bits per heavy atom. The van der Waals surface area contributed by atoms with Crippen LogP contribution in [0.3, 0.4) is 0 Å². The molecule has 2 rings (SSSR count). The monoisotopic (exact) mass is 282 g/mol. The lowest BCUT2D eigenvalue weighted by Crippen LogP contribution is -2.15. The minimum absolute atomic E-state index is 0.0338. The van der Waals surface area contributed by atoms with Gasteiger partial charge in [0, 0.05) is 0 Å². The zero-order valence-electron chi connectivity index (χ0n) is 12.5. The highest BCUT2D eigenvalue weighted by Gasteiger charge is 2.11. The van der Waals surface area contributed by atoms with Gasteiger partial charge in [-0.3, -0.25) is 0 Å². The van der Waals surface area contributed by atoms with E-state index < -0.39 is 0 Å². The SMILES string of the molecule is CC(CCCCc1ccccc1)OC(=O)c1ccccc1. The molecule has 2 nitrogen and oxygen atoms in total. The molecule has 0 aliphatic carbocycles. The van der Waals surface area contributed by atoms with Gasteiger partial charge in [0.25, 0.3) is 0 Å². The summed E-state index contributed by atoms with van der Waals surface area (Å²) in [6.45, 7) is 1.96. The van der Waals surface area contributed by atoms with E-state index in [9.17, 15) is 4.79 Å². The molecule has 2 aromatic rings. The number of hydrogen-bond acceptors (Lipinski definition) is 2. The van der Waals surface area contributed by atoms with Crippen molar-refractivity contribution >= 4 is 5.97 Å². The first-order valence-electron chi connectivity index (χ1n) is 7.55. The zero-order valence-corrected chi connectivity index (χ0v) is 12.5. The van der Waals surface area contributed by atoms with E-state index in [2.05, 4.69) is 24.3 Å². The van der Waals surface area contributed by atoms with Crippen molar-refractivity contribution in [1.82, 2.24) is 0 Å². The van der Waals surface area contributed by atoms with Crippen LogP contribution < -0.4 is 0 Å². The molecule has 0 bridgehead atoms. The van der Waals surface area contributed by atoms with E-state index in [1.165, 1.54) is 5.56 Å². The highest BCUT2D eigenvalue weighted by Crippen LogP contribution is 2.11.